The topological polar surface area (TPSA) is 49.4 Å². The molecule has 2 amide bonds. The van der Waals surface area contributed by atoms with E-state index in [0.29, 0.717) is 17.3 Å². The summed E-state index contributed by atoms with van der Waals surface area (Å²) in [6.45, 7) is 5.29. The third-order valence-electron chi connectivity index (χ3n) is 3.97. The number of benzene rings is 1. The summed E-state index contributed by atoms with van der Waals surface area (Å²) < 4.78 is 14.8. The molecule has 0 spiro atoms. The Labute approximate surface area is 131 Å². The van der Waals surface area contributed by atoms with E-state index in [4.69, 9.17) is 0 Å². The fourth-order valence-corrected chi connectivity index (χ4v) is 2.84. The summed E-state index contributed by atoms with van der Waals surface area (Å²) in [5.74, 6) is -1.05. The summed E-state index contributed by atoms with van der Waals surface area (Å²) in [4.78, 5) is 26.4. The van der Waals surface area contributed by atoms with Gasteiger partial charge in [-0.25, -0.2) is 4.39 Å². The summed E-state index contributed by atoms with van der Waals surface area (Å²) in [7, 11) is 0. The highest BCUT2D eigenvalue weighted by Gasteiger charge is 2.47. The lowest BCUT2D eigenvalue weighted by Gasteiger charge is -2.43. The Morgan fingerprint density at radius 3 is 2.62 bits per heavy atom. The smallest absolute Gasteiger partial charge is 0.253 e. The van der Waals surface area contributed by atoms with Crippen LogP contribution < -0.4 is 10.2 Å². The minimum atomic E-state index is -1.00. The Balaban J connectivity index is 2.57. The maximum atomic E-state index is 14.2. The zero-order chi connectivity index (χ0) is 15.8. The third-order valence-corrected chi connectivity index (χ3v) is 4.46. The molecule has 2 rings (SSSR count). The average Bonchev–Trinajstić information content (AvgIpc) is 2.45. The Hall–Kier alpha value is -1.43. The van der Waals surface area contributed by atoms with Gasteiger partial charge in [-0.3, -0.25) is 14.5 Å². The van der Waals surface area contributed by atoms with Gasteiger partial charge < -0.3 is 5.32 Å². The van der Waals surface area contributed by atoms with Gasteiger partial charge in [0.2, 0.25) is 5.91 Å². The van der Waals surface area contributed by atoms with Gasteiger partial charge in [-0.1, -0.05) is 29.8 Å². The highest BCUT2D eigenvalue weighted by Crippen LogP contribution is 2.32. The van der Waals surface area contributed by atoms with E-state index in [2.05, 4.69) is 21.2 Å². The Bertz CT molecular complexity index is 593. The standard InChI is InChI=1S/C15H18BrFN2O2/c1-4-11-13(20)18-15(3,5-2)14(21)19(11)12-8-9(16)6-7-10(12)17/h6-8,11H,4-5H2,1-3H3,(H,18,20). The fourth-order valence-electron chi connectivity index (χ4n) is 2.49. The second kappa shape index (κ2) is 5.75. The van der Waals surface area contributed by atoms with E-state index < -0.39 is 17.4 Å². The Morgan fingerprint density at radius 1 is 1.38 bits per heavy atom. The molecule has 1 heterocycles. The largest absolute Gasteiger partial charge is 0.340 e. The van der Waals surface area contributed by atoms with Crippen molar-refractivity contribution in [3.8, 4) is 0 Å². The Morgan fingerprint density at radius 2 is 2.05 bits per heavy atom. The van der Waals surface area contributed by atoms with E-state index in [1.54, 1.807) is 19.9 Å². The molecular formula is C15H18BrFN2O2. The number of amides is 2. The number of piperazine rings is 1. The number of anilines is 1. The molecule has 6 heteroatoms. The molecule has 0 bridgehead atoms. The molecule has 1 N–H and O–H groups in total. The zero-order valence-corrected chi connectivity index (χ0v) is 13.8. The van der Waals surface area contributed by atoms with Crippen LogP contribution in [0, 0.1) is 5.82 Å². The number of hydrogen-bond acceptors (Lipinski definition) is 2. The third kappa shape index (κ3) is 2.69. The summed E-state index contributed by atoms with van der Waals surface area (Å²) in [5, 5.41) is 2.76. The number of halogens is 2. The molecule has 2 atom stereocenters. The average molecular weight is 357 g/mol. The van der Waals surface area contributed by atoms with E-state index >= 15 is 0 Å². The second-order valence-electron chi connectivity index (χ2n) is 5.37. The van der Waals surface area contributed by atoms with Crippen molar-refractivity contribution in [1.29, 1.82) is 0 Å². The molecule has 0 aromatic heterocycles. The van der Waals surface area contributed by atoms with Crippen molar-refractivity contribution in [1.82, 2.24) is 5.32 Å². The molecule has 1 aliphatic rings. The van der Waals surface area contributed by atoms with Gasteiger partial charge in [-0.15, -0.1) is 0 Å². The Kier molecular flexibility index (Phi) is 4.37. The van der Waals surface area contributed by atoms with Crippen LogP contribution in [0.3, 0.4) is 0 Å². The first-order valence-corrected chi connectivity index (χ1v) is 7.74. The molecule has 1 saturated heterocycles. The van der Waals surface area contributed by atoms with Crippen LogP contribution in [-0.4, -0.2) is 23.4 Å². The van der Waals surface area contributed by atoms with Gasteiger partial charge in [-0.2, -0.15) is 0 Å². The first-order valence-electron chi connectivity index (χ1n) is 6.94. The number of nitrogens with zero attached hydrogens (tertiary/aromatic N) is 1. The van der Waals surface area contributed by atoms with Gasteiger partial charge >= 0.3 is 0 Å². The van der Waals surface area contributed by atoms with Crippen molar-refractivity contribution in [2.75, 3.05) is 4.90 Å². The van der Waals surface area contributed by atoms with Crippen molar-refractivity contribution in [3.63, 3.8) is 0 Å². The van der Waals surface area contributed by atoms with E-state index in [0.717, 1.165) is 0 Å². The van der Waals surface area contributed by atoms with E-state index in [1.165, 1.54) is 17.0 Å². The lowest BCUT2D eigenvalue weighted by Crippen LogP contribution is -2.69. The minimum Gasteiger partial charge on any atom is -0.340 e. The molecule has 0 radical (unpaired) electrons. The van der Waals surface area contributed by atoms with Gasteiger partial charge in [0.1, 0.15) is 17.4 Å². The molecule has 4 nitrogen and oxygen atoms in total. The van der Waals surface area contributed by atoms with Crippen molar-refractivity contribution in [2.24, 2.45) is 0 Å². The van der Waals surface area contributed by atoms with Gasteiger partial charge in [-0.05, 0) is 38.0 Å². The zero-order valence-electron chi connectivity index (χ0n) is 12.2. The lowest BCUT2D eigenvalue weighted by molar-refractivity contribution is -0.138. The second-order valence-corrected chi connectivity index (χ2v) is 6.29. The molecule has 1 aliphatic heterocycles. The normalized spacial score (nSPS) is 26.0. The summed E-state index contributed by atoms with van der Waals surface area (Å²) in [6.07, 6.45) is 0.865. The molecule has 1 aromatic carbocycles. The van der Waals surface area contributed by atoms with Crippen LogP contribution in [0.1, 0.15) is 33.6 Å². The number of hydrogen-bond donors (Lipinski definition) is 1. The van der Waals surface area contributed by atoms with Crippen molar-refractivity contribution < 1.29 is 14.0 Å². The van der Waals surface area contributed by atoms with Crippen LogP contribution in [0.5, 0.6) is 0 Å². The number of carbonyl (C=O) groups is 2. The van der Waals surface area contributed by atoms with E-state index in [-0.39, 0.29) is 17.5 Å². The quantitative estimate of drug-likeness (QED) is 0.904. The molecule has 1 fully saturated rings. The van der Waals surface area contributed by atoms with Crippen LogP contribution >= 0.6 is 15.9 Å². The highest BCUT2D eigenvalue weighted by molar-refractivity contribution is 9.10. The maximum absolute atomic E-state index is 14.2. The predicted octanol–water partition coefficient (Wildman–Crippen LogP) is 3.00. The first-order chi connectivity index (χ1) is 9.84. The minimum absolute atomic E-state index is 0.135. The SMILES string of the molecule is CCC1C(=O)NC(C)(CC)C(=O)N1c1cc(Br)ccc1F. The molecule has 0 saturated carbocycles. The van der Waals surface area contributed by atoms with Crippen LogP contribution in [0.4, 0.5) is 10.1 Å². The van der Waals surface area contributed by atoms with Gasteiger partial charge in [0.05, 0.1) is 5.69 Å². The van der Waals surface area contributed by atoms with Crippen LogP contribution in [0.2, 0.25) is 0 Å². The monoisotopic (exact) mass is 356 g/mol. The predicted molar refractivity (Wildman–Crippen MR) is 82.5 cm³/mol. The highest BCUT2D eigenvalue weighted by atomic mass is 79.9. The van der Waals surface area contributed by atoms with Gasteiger partial charge in [0, 0.05) is 4.47 Å². The van der Waals surface area contributed by atoms with E-state index in [1.807, 2.05) is 6.92 Å². The molecular weight excluding hydrogens is 339 g/mol. The molecule has 114 valence electrons. The molecule has 1 aromatic rings. The molecule has 0 aliphatic carbocycles. The van der Waals surface area contributed by atoms with Crippen LogP contribution in [-0.2, 0) is 9.59 Å². The van der Waals surface area contributed by atoms with Crippen LogP contribution in [0.25, 0.3) is 0 Å². The summed E-state index contributed by atoms with van der Waals surface area (Å²) >= 11 is 3.28. The van der Waals surface area contributed by atoms with Gasteiger partial charge in [0.15, 0.2) is 0 Å². The maximum Gasteiger partial charge on any atom is 0.253 e. The van der Waals surface area contributed by atoms with Gasteiger partial charge in [0.25, 0.3) is 5.91 Å². The fraction of sp³-hybridized carbons (Fsp3) is 0.467. The van der Waals surface area contributed by atoms with Crippen LogP contribution in [0.15, 0.2) is 22.7 Å². The van der Waals surface area contributed by atoms with E-state index in [9.17, 15) is 14.0 Å². The summed E-state index contributed by atoms with van der Waals surface area (Å²) in [6, 6.07) is 3.69. The molecule has 2 unspecified atom stereocenters. The van der Waals surface area contributed by atoms with Crippen molar-refractivity contribution in [2.45, 2.75) is 45.2 Å². The number of carbonyl (C=O) groups excluding carboxylic acids is 2. The number of rotatable bonds is 3. The van der Waals surface area contributed by atoms with Crippen molar-refractivity contribution >= 4 is 33.4 Å². The van der Waals surface area contributed by atoms with Crippen molar-refractivity contribution in [3.05, 3.63) is 28.5 Å². The first kappa shape index (κ1) is 15.9. The summed E-state index contributed by atoms with van der Waals surface area (Å²) in [5.41, 5.74) is -0.868. The molecule has 21 heavy (non-hydrogen) atoms. The number of nitrogens with one attached hydrogen (secondary N) is 1. The lowest BCUT2D eigenvalue weighted by atomic mass is 9.90.